The quantitative estimate of drug-likeness (QED) is 0.918. The fourth-order valence-corrected chi connectivity index (χ4v) is 4.12. The first-order valence-electron chi connectivity index (χ1n) is 8.41. The van der Waals surface area contributed by atoms with Gasteiger partial charge < -0.3 is 10.6 Å². The number of benzene rings is 1. The standard InChI is InChI=1S/C18H25FN2O.ClH/c19-16-7-5-15(6-8-16)18(9-1-2-10-18)17(22)21-11-3-4-14(12-20)13-21;/h5-8,14H,1-4,9-13,20H2;1H. The van der Waals surface area contributed by atoms with Crippen molar-refractivity contribution in [1.29, 1.82) is 0 Å². The minimum Gasteiger partial charge on any atom is -0.342 e. The highest BCUT2D eigenvalue weighted by atomic mass is 35.5. The lowest BCUT2D eigenvalue weighted by Gasteiger charge is -2.39. The van der Waals surface area contributed by atoms with Crippen molar-refractivity contribution >= 4 is 18.3 Å². The molecule has 23 heavy (non-hydrogen) atoms. The van der Waals surface area contributed by atoms with Crippen molar-refractivity contribution in [2.75, 3.05) is 19.6 Å². The molecule has 0 spiro atoms. The van der Waals surface area contributed by atoms with Crippen molar-refractivity contribution in [3.8, 4) is 0 Å². The van der Waals surface area contributed by atoms with Gasteiger partial charge >= 0.3 is 0 Å². The molecule has 1 amide bonds. The molecule has 1 aromatic rings. The Labute approximate surface area is 143 Å². The highest BCUT2D eigenvalue weighted by Gasteiger charge is 2.45. The van der Waals surface area contributed by atoms with E-state index in [9.17, 15) is 9.18 Å². The topological polar surface area (TPSA) is 46.3 Å². The van der Waals surface area contributed by atoms with Crippen LogP contribution in [0.4, 0.5) is 4.39 Å². The van der Waals surface area contributed by atoms with E-state index in [1.54, 1.807) is 12.1 Å². The van der Waals surface area contributed by atoms with Crippen LogP contribution in [0, 0.1) is 11.7 Å². The van der Waals surface area contributed by atoms with Gasteiger partial charge in [0, 0.05) is 13.1 Å². The Kier molecular flexibility index (Phi) is 6.04. The maximum atomic E-state index is 13.3. The first kappa shape index (κ1) is 18.2. The average Bonchev–Trinajstić information content (AvgIpc) is 3.05. The number of carbonyl (C=O) groups is 1. The maximum absolute atomic E-state index is 13.3. The summed E-state index contributed by atoms with van der Waals surface area (Å²) in [6.45, 7) is 2.25. The Morgan fingerprint density at radius 3 is 2.48 bits per heavy atom. The molecular weight excluding hydrogens is 315 g/mol. The van der Waals surface area contributed by atoms with Gasteiger partial charge in [-0.25, -0.2) is 4.39 Å². The predicted molar refractivity (Wildman–Crippen MR) is 92.2 cm³/mol. The van der Waals surface area contributed by atoms with Crippen LogP contribution in [0.5, 0.6) is 0 Å². The molecule has 1 saturated carbocycles. The molecule has 0 aromatic heterocycles. The van der Waals surface area contributed by atoms with Crippen molar-refractivity contribution in [2.45, 2.75) is 43.9 Å². The summed E-state index contributed by atoms with van der Waals surface area (Å²) in [6.07, 6.45) is 6.04. The smallest absolute Gasteiger partial charge is 0.233 e. The van der Waals surface area contributed by atoms with Gasteiger partial charge in [-0.1, -0.05) is 25.0 Å². The lowest BCUT2D eigenvalue weighted by molar-refractivity contribution is -0.139. The molecule has 1 heterocycles. The van der Waals surface area contributed by atoms with Gasteiger partial charge in [-0.2, -0.15) is 0 Å². The van der Waals surface area contributed by atoms with Gasteiger partial charge in [0.2, 0.25) is 5.91 Å². The van der Waals surface area contributed by atoms with Crippen LogP contribution in [0.3, 0.4) is 0 Å². The zero-order valence-electron chi connectivity index (χ0n) is 13.5. The summed E-state index contributed by atoms with van der Waals surface area (Å²) in [5.74, 6) is 0.407. The van der Waals surface area contributed by atoms with Gasteiger partial charge in [0.25, 0.3) is 0 Å². The second-order valence-corrected chi connectivity index (χ2v) is 6.79. The third-order valence-electron chi connectivity index (χ3n) is 5.40. The number of amides is 1. The van der Waals surface area contributed by atoms with E-state index in [0.717, 1.165) is 57.2 Å². The van der Waals surface area contributed by atoms with Crippen molar-refractivity contribution in [1.82, 2.24) is 4.90 Å². The number of nitrogens with two attached hydrogens (primary N) is 1. The zero-order chi connectivity index (χ0) is 15.6. The predicted octanol–water partition coefficient (Wildman–Crippen LogP) is 3.26. The lowest BCUT2D eigenvalue weighted by atomic mass is 9.77. The first-order valence-corrected chi connectivity index (χ1v) is 8.41. The molecule has 5 heteroatoms. The number of rotatable bonds is 3. The van der Waals surface area contributed by atoms with E-state index in [1.807, 2.05) is 4.90 Å². The molecule has 1 aliphatic heterocycles. The second-order valence-electron chi connectivity index (χ2n) is 6.79. The van der Waals surface area contributed by atoms with Gasteiger partial charge in [-0.15, -0.1) is 12.4 Å². The van der Waals surface area contributed by atoms with Crippen molar-refractivity contribution in [2.24, 2.45) is 11.7 Å². The molecule has 128 valence electrons. The minimum atomic E-state index is -0.440. The van der Waals surface area contributed by atoms with Gasteiger partial charge in [0.1, 0.15) is 5.82 Å². The fraction of sp³-hybridized carbons (Fsp3) is 0.611. The zero-order valence-corrected chi connectivity index (χ0v) is 14.3. The van der Waals surface area contributed by atoms with Gasteiger partial charge in [-0.3, -0.25) is 4.79 Å². The summed E-state index contributed by atoms with van der Waals surface area (Å²) >= 11 is 0. The van der Waals surface area contributed by atoms with Crippen LogP contribution >= 0.6 is 12.4 Å². The number of hydrogen-bond donors (Lipinski definition) is 1. The van der Waals surface area contributed by atoms with Crippen LogP contribution in [0.25, 0.3) is 0 Å². The number of carbonyl (C=O) groups excluding carboxylic acids is 1. The van der Waals surface area contributed by atoms with Crippen molar-refractivity contribution < 1.29 is 9.18 Å². The summed E-state index contributed by atoms with van der Waals surface area (Å²) in [5, 5.41) is 0. The molecule has 1 atom stereocenters. The number of nitrogens with zero attached hydrogens (tertiary/aromatic N) is 1. The molecule has 1 saturated heterocycles. The highest BCUT2D eigenvalue weighted by molar-refractivity contribution is 5.88. The molecule has 2 fully saturated rings. The van der Waals surface area contributed by atoms with Crippen LogP contribution in [-0.2, 0) is 10.2 Å². The Hall–Kier alpha value is -1.13. The Morgan fingerprint density at radius 2 is 1.87 bits per heavy atom. The fourth-order valence-electron chi connectivity index (χ4n) is 4.12. The Balaban J connectivity index is 0.00000192. The molecule has 3 rings (SSSR count). The number of likely N-dealkylation sites (tertiary alicyclic amines) is 1. The van der Waals surface area contributed by atoms with Crippen LogP contribution in [-0.4, -0.2) is 30.4 Å². The van der Waals surface area contributed by atoms with Crippen LogP contribution < -0.4 is 5.73 Å². The number of hydrogen-bond acceptors (Lipinski definition) is 2. The molecular formula is C18H26ClFN2O. The monoisotopic (exact) mass is 340 g/mol. The number of piperidine rings is 1. The van der Waals surface area contributed by atoms with Gasteiger partial charge in [0.15, 0.2) is 0 Å². The Morgan fingerprint density at radius 1 is 1.22 bits per heavy atom. The second kappa shape index (κ2) is 7.63. The van der Waals surface area contributed by atoms with E-state index in [0.29, 0.717) is 12.5 Å². The number of halogens is 2. The molecule has 2 N–H and O–H groups in total. The Bertz CT molecular complexity index is 528. The van der Waals surface area contributed by atoms with Crippen molar-refractivity contribution in [3.05, 3.63) is 35.6 Å². The SMILES string of the molecule is Cl.NCC1CCCN(C(=O)C2(c3ccc(F)cc3)CCCC2)C1. The highest BCUT2D eigenvalue weighted by Crippen LogP contribution is 2.43. The van der Waals surface area contributed by atoms with E-state index in [1.165, 1.54) is 12.1 Å². The summed E-state index contributed by atoms with van der Waals surface area (Å²) in [5.41, 5.74) is 6.34. The molecule has 1 unspecified atom stereocenters. The van der Waals surface area contributed by atoms with E-state index < -0.39 is 5.41 Å². The van der Waals surface area contributed by atoms with Crippen LogP contribution in [0.2, 0.25) is 0 Å². The van der Waals surface area contributed by atoms with Gasteiger partial charge in [-0.05, 0) is 55.8 Å². The third kappa shape index (κ3) is 3.53. The largest absolute Gasteiger partial charge is 0.342 e. The molecule has 1 aromatic carbocycles. The van der Waals surface area contributed by atoms with Crippen LogP contribution in [0.1, 0.15) is 44.1 Å². The molecule has 3 nitrogen and oxygen atoms in total. The van der Waals surface area contributed by atoms with E-state index in [4.69, 9.17) is 5.73 Å². The maximum Gasteiger partial charge on any atom is 0.233 e. The normalized spacial score (nSPS) is 23.4. The van der Waals surface area contributed by atoms with Crippen molar-refractivity contribution in [3.63, 3.8) is 0 Å². The summed E-state index contributed by atoms with van der Waals surface area (Å²) in [7, 11) is 0. The molecule has 0 radical (unpaired) electrons. The first-order chi connectivity index (χ1) is 10.7. The average molecular weight is 341 g/mol. The molecule has 0 bridgehead atoms. The van der Waals surface area contributed by atoms with E-state index in [-0.39, 0.29) is 24.1 Å². The minimum absolute atomic E-state index is 0. The van der Waals surface area contributed by atoms with Gasteiger partial charge in [0.05, 0.1) is 5.41 Å². The van der Waals surface area contributed by atoms with Crippen LogP contribution in [0.15, 0.2) is 24.3 Å². The molecule has 1 aliphatic carbocycles. The summed E-state index contributed by atoms with van der Waals surface area (Å²) < 4.78 is 13.2. The van der Waals surface area contributed by atoms with E-state index >= 15 is 0 Å². The summed E-state index contributed by atoms with van der Waals surface area (Å²) in [4.78, 5) is 15.3. The molecule has 2 aliphatic rings. The third-order valence-corrected chi connectivity index (χ3v) is 5.40. The lowest BCUT2D eigenvalue weighted by Crippen LogP contribution is -2.50. The van der Waals surface area contributed by atoms with E-state index in [2.05, 4.69) is 0 Å². The summed E-state index contributed by atoms with van der Waals surface area (Å²) in [6, 6.07) is 6.54.